The van der Waals surface area contributed by atoms with Gasteiger partial charge in [0.15, 0.2) is 0 Å². The van der Waals surface area contributed by atoms with E-state index in [1.54, 1.807) is 7.11 Å². The first-order chi connectivity index (χ1) is 7.44. The minimum Gasteiger partial charge on any atom is -0.383 e. The van der Waals surface area contributed by atoms with Crippen LogP contribution in [0.15, 0.2) is 0 Å². The van der Waals surface area contributed by atoms with E-state index in [0.717, 1.165) is 26.2 Å². The van der Waals surface area contributed by atoms with Crippen LogP contribution in [-0.4, -0.2) is 51.3 Å². The predicted octanol–water partition coefficient (Wildman–Crippen LogP) is 1.98. The van der Waals surface area contributed by atoms with Crippen molar-refractivity contribution in [2.75, 3.05) is 40.4 Å². The number of hydrogen-bond acceptors (Lipinski definition) is 3. The highest BCUT2D eigenvalue weighted by atomic mass is 16.5. The summed E-state index contributed by atoms with van der Waals surface area (Å²) in [6, 6.07) is 0.539. The summed E-state index contributed by atoms with van der Waals surface area (Å²) >= 11 is 0. The van der Waals surface area contributed by atoms with Crippen LogP contribution >= 0.6 is 0 Å². The second kappa shape index (κ2) is 8.04. The highest BCUT2D eigenvalue weighted by molar-refractivity contribution is 4.83. The summed E-state index contributed by atoms with van der Waals surface area (Å²) in [6.07, 6.45) is 1.19. The minimum atomic E-state index is 0.289. The Morgan fingerprint density at radius 3 is 2.50 bits per heavy atom. The first-order valence-electron chi connectivity index (χ1n) is 6.35. The van der Waals surface area contributed by atoms with Gasteiger partial charge in [0.2, 0.25) is 0 Å². The average molecular weight is 230 g/mol. The van der Waals surface area contributed by atoms with Crippen molar-refractivity contribution in [1.29, 1.82) is 0 Å². The van der Waals surface area contributed by atoms with Crippen LogP contribution in [0.2, 0.25) is 0 Å². The maximum absolute atomic E-state index is 5.10. The number of rotatable bonds is 9. The molecule has 0 saturated carbocycles. The van der Waals surface area contributed by atoms with E-state index in [1.807, 2.05) is 0 Å². The zero-order chi connectivity index (χ0) is 12.6. The van der Waals surface area contributed by atoms with Gasteiger partial charge in [0.25, 0.3) is 0 Å². The first kappa shape index (κ1) is 15.9. The Bertz CT molecular complexity index is 171. The van der Waals surface area contributed by atoms with Gasteiger partial charge in [-0.2, -0.15) is 0 Å². The molecule has 3 heteroatoms. The fourth-order valence-corrected chi connectivity index (χ4v) is 1.80. The Balaban J connectivity index is 4.00. The van der Waals surface area contributed by atoms with Crippen molar-refractivity contribution in [3.05, 3.63) is 0 Å². The fraction of sp³-hybridized carbons (Fsp3) is 1.00. The van der Waals surface area contributed by atoms with E-state index < -0.39 is 0 Å². The second-order valence-electron chi connectivity index (χ2n) is 5.39. The summed E-state index contributed by atoms with van der Waals surface area (Å²) in [7, 11) is 3.91. The molecule has 0 fully saturated rings. The molecule has 0 rings (SSSR count). The highest BCUT2D eigenvalue weighted by Crippen LogP contribution is 2.21. The predicted molar refractivity (Wildman–Crippen MR) is 70.9 cm³/mol. The molecule has 0 bridgehead atoms. The molecule has 1 N–H and O–H groups in total. The minimum absolute atomic E-state index is 0.289. The smallest absolute Gasteiger partial charge is 0.0589 e. The standard InChI is InChI=1S/C13H30N2O/c1-7-8-14-12(2)13(3,4)11-15(5)9-10-16-6/h12,14H,7-11H2,1-6H3. The van der Waals surface area contributed by atoms with Crippen molar-refractivity contribution in [3.8, 4) is 0 Å². The van der Waals surface area contributed by atoms with Crippen molar-refractivity contribution in [1.82, 2.24) is 10.2 Å². The molecule has 0 aromatic carbocycles. The molecule has 16 heavy (non-hydrogen) atoms. The van der Waals surface area contributed by atoms with Crippen molar-refractivity contribution >= 4 is 0 Å². The van der Waals surface area contributed by atoms with E-state index in [4.69, 9.17) is 4.74 Å². The molecule has 0 spiro atoms. The molecule has 0 aliphatic rings. The molecule has 1 unspecified atom stereocenters. The monoisotopic (exact) mass is 230 g/mol. The summed E-state index contributed by atoms with van der Waals surface area (Å²) in [5.74, 6) is 0. The maximum atomic E-state index is 5.10. The molecule has 0 amide bonds. The molecule has 0 aromatic rings. The van der Waals surface area contributed by atoms with Crippen molar-refractivity contribution in [2.24, 2.45) is 5.41 Å². The second-order valence-corrected chi connectivity index (χ2v) is 5.39. The molecule has 1 atom stereocenters. The van der Waals surface area contributed by atoms with Crippen LogP contribution in [-0.2, 0) is 4.74 Å². The van der Waals surface area contributed by atoms with Crippen LogP contribution in [0.3, 0.4) is 0 Å². The lowest BCUT2D eigenvalue weighted by Gasteiger charge is -2.36. The topological polar surface area (TPSA) is 24.5 Å². The zero-order valence-electron chi connectivity index (χ0n) is 12.0. The van der Waals surface area contributed by atoms with Gasteiger partial charge >= 0.3 is 0 Å². The van der Waals surface area contributed by atoms with Gasteiger partial charge in [0, 0.05) is 26.2 Å². The number of methoxy groups -OCH3 is 1. The van der Waals surface area contributed by atoms with E-state index in [0.29, 0.717) is 6.04 Å². The van der Waals surface area contributed by atoms with Gasteiger partial charge < -0.3 is 15.0 Å². The lowest BCUT2D eigenvalue weighted by atomic mass is 9.84. The van der Waals surface area contributed by atoms with Gasteiger partial charge in [0.05, 0.1) is 6.61 Å². The van der Waals surface area contributed by atoms with Crippen LogP contribution in [0.5, 0.6) is 0 Å². The molecule has 0 saturated heterocycles. The van der Waals surface area contributed by atoms with E-state index in [2.05, 4.69) is 45.0 Å². The van der Waals surface area contributed by atoms with Gasteiger partial charge in [-0.15, -0.1) is 0 Å². The molecular formula is C13H30N2O. The van der Waals surface area contributed by atoms with Crippen LogP contribution in [0.25, 0.3) is 0 Å². The molecular weight excluding hydrogens is 200 g/mol. The number of ether oxygens (including phenoxy) is 1. The number of nitrogens with one attached hydrogen (secondary N) is 1. The SMILES string of the molecule is CCCNC(C)C(C)(C)CN(C)CCOC. The summed E-state index contributed by atoms with van der Waals surface area (Å²) in [5.41, 5.74) is 0.289. The van der Waals surface area contributed by atoms with Crippen molar-refractivity contribution in [2.45, 2.75) is 40.2 Å². The quantitative estimate of drug-likeness (QED) is 0.655. The van der Waals surface area contributed by atoms with E-state index in [1.165, 1.54) is 6.42 Å². The Hall–Kier alpha value is -0.120. The molecule has 3 nitrogen and oxygen atoms in total. The summed E-state index contributed by atoms with van der Waals surface area (Å²) < 4.78 is 5.10. The van der Waals surface area contributed by atoms with Gasteiger partial charge in [-0.05, 0) is 32.4 Å². The maximum Gasteiger partial charge on any atom is 0.0589 e. The Morgan fingerprint density at radius 1 is 1.38 bits per heavy atom. The van der Waals surface area contributed by atoms with E-state index >= 15 is 0 Å². The molecule has 0 heterocycles. The molecule has 0 aliphatic heterocycles. The van der Waals surface area contributed by atoms with Crippen LogP contribution < -0.4 is 5.32 Å². The molecule has 0 aromatic heterocycles. The largest absolute Gasteiger partial charge is 0.383 e. The highest BCUT2D eigenvalue weighted by Gasteiger charge is 2.26. The summed E-state index contributed by atoms with van der Waals surface area (Å²) in [5, 5.41) is 3.58. The third kappa shape index (κ3) is 6.46. The van der Waals surface area contributed by atoms with Gasteiger partial charge in [-0.1, -0.05) is 20.8 Å². The molecule has 98 valence electrons. The molecule has 0 aliphatic carbocycles. The first-order valence-corrected chi connectivity index (χ1v) is 6.35. The Labute approximate surface area is 102 Å². The van der Waals surface area contributed by atoms with Gasteiger partial charge in [0.1, 0.15) is 0 Å². The third-order valence-electron chi connectivity index (χ3n) is 3.23. The van der Waals surface area contributed by atoms with E-state index in [-0.39, 0.29) is 5.41 Å². The summed E-state index contributed by atoms with van der Waals surface area (Å²) in [6.45, 7) is 13.1. The third-order valence-corrected chi connectivity index (χ3v) is 3.23. The Morgan fingerprint density at radius 2 is 2.00 bits per heavy atom. The number of nitrogens with zero attached hydrogens (tertiary/aromatic N) is 1. The summed E-state index contributed by atoms with van der Waals surface area (Å²) in [4.78, 5) is 2.34. The average Bonchev–Trinajstić information content (AvgIpc) is 2.22. The normalized spacial score (nSPS) is 14.4. The Kier molecular flexibility index (Phi) is 7.98. The van der Waals surface area contributed by atoms with Gasteiger partial charge in [-0.3, -0.25) is 0 Å². The van der Waals surface area contributed by atoms with Crippen molar-refractivity contribution < 1.29 is 4.74 Å². The lowest BCUT2D eigenvalue weighted by molar-refractivity contribution is 0.120. The van der Waals surface area contributed by atoms with Crippen LogP contribution in [0.4, 0.5) is 0 Å². The lowest BCUT2D eigenvalue weighted by Crippen LogP contribution is -2.46. The fourth-order valence-electron chi connectivity index (χ4n) is 1.80. The molecule has 0 radical (unpaired) electrons. The zero-order valence-corrected chi connectivity index (χ0v) is 12.0. The van der Waals surface area contributed by atoms with Crippen LogP contribution in [0.1, 0.15) is 34.1 Å². The number of hydrogen-bond donors (Lipinski definition) is 1. The van der Waals surface area contributed by atoms with Crippen LogP contribution in [0, 0.1) is 5.41 Å². The van der Waals surface area contributed by atoms with Crippen molar-refractivity contribution in [3.63, 3.8) is 0 Å². The van der Waals surface area contributed by atoms with Gasteiger partial charge in [-0.25, -0.2) is 0 Å². The number of likely N-dealkylation sites (N-methyl/N-ethyl adjacent to an activating group) is 1. The van der Waals surface area contributed by atoms with E-state index in [9.17, 15) is 0 Å².